The van der Waals surface area contributed by atoms with Crippen LogP contribution in [0.1, 0.15) is 29.8 Å². The van der Waals surface area contributed by atoms with Crippen molar-refractivity contribution in [3.63, 3.8) is 0 Å². The third-order valence-electron chi connectivity index (χ3n) is 3.26. The van der Waals surface area contributed by atoms with Gasteiger partial charge in [-0.2, -0.15) is 0 Å². The van der Waals surface area contributed by atoms with Crippen molar-refractivity contribution in [3.05, 3.63) is 58.6 Å². The minimum absolute atomic E-state index is 0.0931. The van der Waals surface area contributed by atoms with Gasteiger partial charge < -0.3 is 10.1 Å². The summed E-state index contributed by atoms with van der Waals surface area (Å²) >= 11 is 6.06. The maximum atomic E-state index is 12.4. The van der Waals surface area contributed by atoms with E-state index in [1.54, 1.807) is 0 Å². The molecule has 0 heterocycles. The van der Waals surface area contributed by atoms with Crippen LogP contribution in [0.3, 0.4) is 0 Å². The Kier molecular flexibility index (Phi) is 6.50. The zero-order valence-corrected chi connectivity index (χ0v) is 16.3. The van der Waals surface area contributed by atoms with E-state index in [1.807, 2.05) is 38.1 Å². The molecule has 0 aliphatic rings. The smallest absolute Gasteiger partial charge is 0.253 e. The van der Waals surface area contributed by atoms with Crippen LogP contribution in [0.15, 0.2) is 42.5 Å². The maximum Gasteiger partial charge on any atom is 0.253 e. The van der Waals surface area contributed by atoms with Gasteiger partial charge in [0.2, 0.25) is 10.0 Å². The van der Waals surface area contributed by atoms with E-state index in [0.717, 1.165) is 17.6 Å². The quantitative estimate of drug-likeness (QED) is 0.750. The molecule has 0 spiro atoms. The number of halogens is 1. The van der Waals surface area contributed by atoms with Crippen molar-refractivity contribution in [2.24, 2.45) is 0 Å². The summed E-state index contributed by atoms with van der Waals surface area (Å²) in [5.41, 5.74) is 1.37. The van der Waals surface area contributed by atoms with Gasteiger partial charge in [-0.15, -0.1) is 0 Å². The van der Waals surface area contributed by atoms with Gasteiger partial charge in [-0.1, -0.05) is 23.7 Å². The molecule has 26 heavy (non-hydrogen) atoms. The number of anilines is 1. The molecule has 0 aromatic heterocycles. The van der Waals surface area contributed by atoms with E-state index in [0.29, 0.717) is 6.54 Å². The fourth-order valence-electron chi connectivity index (χ4n) is 2.21. The van der Waals surface area contributed by atoms with Crippen LogP contribution in [0.5, 0.6) is 5.75 Å². The SMILES string of the molecule is CC(C)Oc1ccc(CNC(=O)c2cc(NS(C)(=O)=O)ccc2Cl)cc1. The summed E-state index contributed by atoms with van der Waals surface area (Å²) in [5, 5.41) is 3.00. The fraction of sp³-hybridized carbons (Fsp3) is 0.278. The molecule has 2 N–H and O–H groups in total. The summed E-state index contributed by atoms with van der Waals surface area (Å²) in [4.78, 5) is 12.4. The zero-order valence-electron chi connectivity index (χ0n) is 14.7. The van der Waals surface area contributed by atoms with Crippen LogP contribution in [0.2, 0.25) is 5.02 Å². The van der Waals surface area contributed by atoms with Gasteiger partial charge in [-0.05, 0) is 49.7 Å². The second-order valence-corrected chi connectivity index (χ2v) is 8.22. The predicted molar refractivity (Wildman–Crippen MR) is 103 cm³/mol. The molecule has 8 heteroatoms. The number of carbonyl (C=O) groups is 1. The molecule has 0 unspecified atom stereocenters. The van der Waals surface area contributed by atoms with Gasteiger partial charge in [0.05, 0.1) is 22.9 Å². The molecule has 140 valence electrons. The van der Waals surface area contributed by atoms with E-state index in [-0.39, 0.29) is 22.4 Å². The normalized spacial score (nSPS) is 11.3. The van der Waals surface area contributed by atoms with Crippen LogP contribution in [0, 0.1) is 0 Å². The third kappa shape index (κ3) is 6.24. The fourth-order valence-corrected chi connectivity index (χ4v) is 2.97. The number of carbonyl (C=O) groups excluding carboxylic acids is 1. The van der Waals surface area contributed by atoms with E-state index in [9.17, 15) is 13.2 Å². The average molecular weight is 397 g/mol. The average Bonchev–Trinajstić information content (AvgIpc) is 2.54. The topological polar surface area (TPSA) is 84.5 Å². The number of hydrogen-bond donors (Lipinski definition) is 2. The highest BCUT2D eigenvalue weighted by Gasteiger charge is 2.13. The lowest BCUT2D eigenvalue weighted by Gasteiger charge is -2.11. The molecule has 0 bridgehead atoms. The molecular weight excluding hydrogens is 376 g/mol. The standard InChI is InChI=1S/C18H21ClN2O4S/c1-12(2)25-15-7-4-13(5-8-15)11-20-18(22)16-10-14(6-9-17(16)19)21-26(3,23)24/h4-10,12,21H,11H2,1-3H3,(H,20,22). The number of ether oxygens (including phenoxy) is 1. The minimum atomic E-state index is -3.44. The molecule has 1 amide bonds. The summed E-state index contributed by atoms with van der Waals surface area (Å²) < 4.78 is 30.5. The van der Waals surface area contributed by atoms with Crippen molar-refractivity contribution in [3.8, 4) is 5.75 Å². The Balaban J connectivity index is 2.04. The number of nitrogens with one attached hydrogen (secondary N) is 2. The highest BCUT2D eigenvalue weighted by atomic mass is 35.5. The number of hydrogen-bond acceptors (Lipinski definition) is 4. The third-order valence-corrected chi connectivity index (χ3v) is 4.20. The first-order valence-corrected chi connectivity index (χ1v) is 10.2. The van der Waals surface area contributed by atoms with E-state index in [1.165, 1.54) is 18.2 Å². The Labute approximate surface area is 158 Å². The highest BCUT2D eigenvalue weighted by Crippen LogP contribution is 2.21. The molecule has 0 aliphatic carbocycles. The van der Waals surface area contributed by atoms with Crippen LogP contribution in [0.25, 0.3) is 0 Å². The number of amides is 1. The van der Waals surface area contributed by atoms with E-state index in [2.05, 4.69) is 10.0 Å². The first-order chi connectivity index (χ1) is 12.1. The van der Waals surface area contributed by atoms with E-state index in [4.69, 9.17) is 16.3 Å². The lowest BCUT2D eigenvalue weighted by molar-refractivity contribution is 0.0951. The van der Waals surface area contributed by atoms with Gasteiger partial charge >= 0.3 is 0 Å². The predicted octanol–water partition coefficient (Wildman–Crippen LogP) is 3.43. The van der Waals surface area contributed by atoms with Crippen LogP contribution < -0.4 is 14.8 Å². The van der Waals surface area contributed by atoms with Crippen molar-refractivity contribution < 1.29 is 17.9 Å². The largest absolute Gasteiger partial charge is 0.491 e. The summed E-state index contributed by atoms with van der Waals surface area (Å²) in [6.45, 7) is 4.20. The molecule has 0 saturated carbocycles. The monoisotopic (exact) mass is 396 g/mol. The van der Waals surface area contributed by atoms with Gasteiger partial charge in [-0.3, -0.25) is 9.52 Å². The summed E-state index contributed by atoms with van der Waals surface area (Å²) in [6, 6.07) is 11.8. The molecule has 0 radical (unpaired) electrons. The Morgan fingerprint density at radius 2 is 1.81 bits per heavy atom. The Morgan fingerprint density at radius 3 is 2.38 bits per heavy atom. The van der Waals surface area contributed by atoms with Gasteiger partial charge in [0.15, 0.2) is 0 Å². The number of rotatable bonds is 7. The molecule has 2 rings (SSSR count). The maximum absolute atomic E-state index is 12.4. The molecule has 0 aliphatic heterocycles. The molecule has 0 atom stereocenters. The Bertz CT molecular complexity index is 881. The second kappa shape index (κ2) is 8.42. The van der Waals surface area contributed by atoms with Crippen molar-refractivity contribution in [2.45, 2.75) is 26.5 Å². The molecule has 6 nitrogen and oxygen atoms in total. The summed E-state index contributed by atoms with van der Waals surface area (Å²) in [5.74, 6) is 0.368. The van der Waals surface area contributed by atoms with Crippen molar-refractivity contribution >= 4 is 33.2 Å². The zero-order chi connectivity index (χ0) is 19.3. The van der Waals surface area contributed by atoms with Crippen molar-refractivity contribution in [2.75, 3.05) is 11.0 Å². The molecule has 0 saturated heterocycles. The van der Waals surface area contributed by atoms with Crippen LogP contribution in [-0.2, 0) is 16.6 Å². The van der Waals surface area contributed by atoms with Crippen LogP contribution in [0.4, 0.5) is 5.69 Å². The summed E-state index contributed by atoms with van der Waals surface area (Å²) in [6.07, 6.45) is 1.13. The highest BCUT2D eigenvalue weighted by molar-refractivity contribution is 7.92. The van der Waals surface area contributed by atoms with E-state index < -0.39 is 15.9 Å². The Morgan fingerprint density at radius 1 is 1.15 bits per heavy atom. The molecular formula is C18H21ClN2O4S. The van der Waals surface area contributed by atoms with Gasteiger partial charge in [-0.25, -0.2) is 8.42 Å². The molecule has 2 aromatic carbocycles. The van der Waals surface area contributed by atoms with Gasteiger partial charge in [0, 0.05) is 12.2 Å². The number of benzene rings is 2. The first kappa shape index (κ1) is 20.1. The molecule has 0 fully saturated rings. The van der Waals surface area contributed by atoms with Gasteiger partial charge in [0.1, 0.15) is 5.75 Å². The van der Waals surface area contributed by atoms with Crippen LogP contribution in [-0.4, -0.2) is 26.7 Å². The first-order valence-electron chi connectivity index (χ1n) is 7.95. The van der Waals surface area contributed by atoms with Crippen molar-refractivity contribution in [1.29, 1.82) is 0 Å². The van der Waals surface area contributed by atoms with Crippen molar-refractivity contribution in [1.82, 2.24) is 5.32 Å². The lowest BCUT2D eigenvalue weighted by Crippen LogP contribution is -2.23. The van der Waals surface area contributed by atoms with Crippen LogP contribution >= 0.6 is 11.6 Å². The lowest BCUT2D eigenvalue weighted by atomic mass is 10.1. The second-order valence-electron chi connectivity index (χ2n) is 6.06. The minimum Gasteiger partial charge on any atom is -0.491 e. The molecule has 2 aromatic rings. The summed E-state index contributed by atoms with van der Waals surface area (Å²) in [7, 11) is -3.44. The van der Waals surface area contributed by atoms with E-state index >= 15 is 0 Å². The van der Waals surface area contributed by atoms with Gasteiger partial charge in [0.25, 0.3) is 5.91 Å². The Hall–Kier alpha value is -2.25. The number of sulfonamides is 1.